The molecule has 2 aromatic carbocycles. The first-order valence-electron chi connectivity index (χ1n) is 7.94. The lowest BCUT2D eigenvalue weighted by Gasteiger charge is -2.04. The van der Waals surface area contributed by atoms with Crippen LogP contribution in [0.15, 0.2) is 47.5 Å². The SMILES string of the molecule is COc1cccc(C(=O)N=c2sc3cc(C)ccc3n2CCSC)c1. The van der Waals surface area contributed by atoms with Gasteiger partial charge >= 0.3 is 0 Å². The van der Waals surface area contributed by atoms with Crippen LogP contribution in [0, 0.1) is 6.92 Å². The minimum absolute atomic E-state index is 0.250. The lowest BCUT2D eigenvalue weighted by Crippen LogP contribution is -2.18. The molecule has 0 saturated heterocycles. The first kappa shape index (κ1) is 17.8. The largest absolute Gasteiger partial charge is 0.497 e. The normalized spacial score (nSPS) is 11.9. The maximum Gasteiger partial charge on any atom is 0.279 e. The van der Waals surface area contributed by atoms with Crippen LogP contribution in [0.2, 0.25) is 0 Å². The molecule has 0 N–H and O–H groups in total. The Morgan fingerprint density at radius 2 is 2.12 bits per heavy atom. The standard InChI is InChI=1S/C19H20N2O2S2/c1-13-7-8-16-17(11-13)25-19(21(16)9-10-24-3)20-18(22)14-5-4-6-15(12-14)23-2/h4-8,11-12H,9-10H2,1-3H3. The van der Waals surface area contributed by atoms with E-state index in [1.54, 1.807) is 48.4 Å². The van der Waals surface area contributed by atoms with Crippen LogP contribution in [-0.2, 0) is 6.54 Å². The summed E-state index contributed by atoms with van der Waals surface area (Å²) in [6.45, 7) is 2.90. The fourth-order valence-corrected chi connectivity index (χ4v) is 4.09. The number of thiazole rings is 1. The molecule has 3 rings (SSSR count). The van der Waals surface area contributed by atoms with Gasteiger partial charge in [-0.05, 0) is 49.1 Å². The maximum atomic E-state index is 12.6. The van der Waals surface area contributed by atoms with Crippen molar-refractivity contribution in [2.24, 2.45) is 4.99 Å². The molecule has 0 aliphatic heterocycles. The van der Waals surface area contributed by atoms with Crippen LogP contribution < -0.4 is 9.54 Å². The summed E-state index contributed by atoms with van der Waals surface area (Å²) >= 11 is 3.34. The number of aromatic nitrogens is 1. The molecule has 25 heavy (non-hydrogen) atoms. The van der Waals surface area contributed by atoms with Gasteiger partial charge in [0.15, 0.2) is 4.80 Å². The van der Waals surface area contributed by atoms with E-state index in [2.05, 4.69) is 40.9 Å². The number of rotatable bonds is 5. The van der Waals surface area contributed by atoms with Crippen molar-refractivity contribution < 1.29 is 9.53 Å². The minimum atomic E-state index is -0.250. The second-order valence-electron chi connectivity index (χ2n) is 5.65. The van der Waals surface area contributed by atoms with Gasteiger partial charge in [-0.25, -0.2) is 0 Å². The van der Waals surface area contributed by atoms with E-state index in [0.29, 0.717) is 11.3 Å². The van der Waals surface area contributed by atoms with E-state index in [0.717, 1.165) is 27.3 Å². The third kappa shape index (κ3) is 3.96. The van der Waals surface area contributed by atoms with Crippen molar-refractivity contribution in [3.8, 4) is 5.75 Å². The van der Waals surface area contributed by atoms with Gasteiger partial charge in [-0.1, -0.05) is 23.5 Å². The van der Waals surface area contributed by atoms with Crippen molar-refractivity contribution in [2.45, 2.75) is 13.5 Å². The van der Waals surface area contributed by atoms with Gasteiger partial charge in [0.25, 0.3) is 5.91 Å². The van der Waals surface area contributed by atoms with Crippen LogP contribution >= 0.6 is 23.1 Å². The number of carbonyl (C=O) groups is 1. The summed E-state index contributed by atoms with van der Waals surface area (Å²) in [5, 5.41) is 0. The van der Waals surface area contributed by atoms with E-state index >= 15 is 0 Å². The number of benzene rings is 2. The highest BCUT2D eigenvalue weighted by Gasteiger charge is 2.10. The zero-order valence-electron chi connectivity index (χ0n) is 14.5. The second kappa shape index (κ2) is 7.89. The molecule has 0 atom stereocenters. The number of carbonyl (C=O) groups excluding carboxylic acids is 1. The van der Waals surface area contributed by atoms with E-state index in [9.17, 15) is 4.79 Å². The van der Waals surface area contributed by atoms with Gasteiger partial charge < -0.3 is 9.30 Å². The number of fused-ring (bicyclic) bond motifs is 1. The highest BCUT2D eigenvalue weighted by atomic mass is 32.2. The molecule has 3 aromatic rings. The molecule has 0 aliphatic rings. The van der Waals surface area contributed by atoms with E-state index in [-0.39, 0.29) is 5.91 Å². The van der Waals surface area contributed by atoms with Gasteiger partial charge in [0.2, 0.25) is 0 Å². The predicted molar refractivity (Wildman–Crippen MR) is 106 cm³/mol. The smallest absolute Gasteiger partial charge is 0.279 e. The van der Waals surface area contributed by atoms with Crippen LogP contribution in [0.1, 0.15) is 15.9 Å². The van der Waals surface area contributed by atoms with Gasteiger partial charge in [0.05, 0.1) is 17.3 Å². The Balaban J connectivity index is 2.08. The van der Waals surface area contributed by atoms with Crippen LogP contribution in [0.25, 0.3) is 10.2 Å². The number of methoxy groups -OCH3 is 1. The monoisotopic (exact) mass is 372 g/mol. The summed E-state index contributed by atoms with van der Waals surface area (Å²) in [6.07, 6.45) is 2.08. The summed E-state index contributed by atoms with van der Waals surface area (Å²) in [7, 11) is 1.59. The second-order valence-corrected chi connectivity index (χ2v) is 7.64. The Kier molecular flexibility index (Phi) is 5.60. The summed E-state index contributed by atoms with van der Waals surface area (Å²) in [6, 6.07) is 13.4. The number of amides is 1. The van der Waals surface area contributed by atoms with Gasteiger partial charge in [-0.2, -0.15) is 16.8 Å². The number of ether oxygens (including phenoxy) is 1. The van der Waals surface area contributed by atoms with Crippen molar-refractivity contribution in [3.05, 3.63) is 58.4 Å². The number of hydrogen-bond acceptors (Lipinski definition) is 4. The van der Waals surface area contributed by atoms with Crippen LogP contribution in [-0.4, -0.2) is 29.6 Å². The zero-order valence-corrected chi connectivity index (χ0v) is 16.1. The average molecular weight is 373 g/mol. The van der Waals surface area contributed by atoms with Crippen molar-refractivity contribution in [2.75, 3.05) is 19.1 Å². The van der Waals surface area contributed by atoms with Crippen LogP contribution in [0.3, 0.4) is 0 Å². The minimum Gasteiger partial charge on any atom is -0.497 e. The number of aryl methyl sites for hydroxylation is 2. The summed E-state index contributed by atoms with van der Waals surface area (Å²) in [4.78, 5) is 17.8. The Morgan fingerprint density at radius 1 is 1.28 bits per heavy atom. The third-order valence-corrected chi connectivity index (χ3v) is 5.50. The van der Waals surface area contributed by atoms with Gasteiger partial charge in [-0.15, -0.1) is 0 Å². The van der Waals surface area contributed by atoms with Gasteiger partial charge in [0, 0.05) is 17.9 Å². The molecule has 0 aliphatic carbocycles. The molecule has 0 radical (unpaired) electrons. The number of nitrogens with zero attached hydrogens (tertiary/aromatic N) is 2. The summed E-state index contributed by atoms with van der Waals surface area (Å²) in [5.74, 6) is 1.38. The molecule has 0 saturated carbocycles. The molecule has 4 nitrogen and oxygen atoms in total. The highest BCUT2D eigenvalue weighted by molar-refractivity contribution is 7.98. The first-order chi connectivity index (χ1) is 12.1. The van der Waals surface area contributed by atoms with E-state index in [1.807, 2.05) is 6.07 Å². The van der Waals surface area contributed by atoms with Gasteiger partial charge in [0.1, 0.15) is 5.75 Å². The molecule has 130 valence electrons. The molecule has 0 unspecified atom stereocenters. The van der Waals surface area contributed by atoms with E-state index in [1.165, 1.54) is 5.56 Å². The Hall–Kier alpha value is -2.05. The average Bonchev–Trinajstić information content (AvgIpc) is 2.95. The van der Waals surface area contributed by atoms with E-state index in [4.69, 9.17) is 4.74 Å². The fraction of sp³-hybridized carbons (Fsp3) is 0.263. The lowest BCUT2D eigenvalue weighted by molar-refractivity contribution is 0.0997. The molecular formula is C19H20N2O2S2. The topological polar surface area (TPSA) is 43.6 Å². The van der Waals surface area contributed by atoms with Crippen LogP contribution in [0.5, 0.6) is 5.75 Å². The third-order valence-electron chi connectivity index (χ3n) is 3.87. The highest BCUT2D eigenvalue weighted by Crippen LogP contribution is 2.20. The molecule has 1 aromatic heterocycles. The van der Waals surface area contributed by atoms with Gasteiger partial charge in [-0.3, -0.25) is 4.79 Å². The van der Waals surface area contributed by atoms with Crippen molar-refractivity contribution in [3.63, 3.8) is 0 Å². The van der Waals surface area contributed by atoms with Crippen molar-refractivity contribution in [1.82, 2.24) is 4.57 Å². The molecule has 0 fully saturated rings. The number of thioether (sulfide) groups is 1. The van der Waals surface area contributed by atoms with Crippen molar-refractivity contribution >= 4 is 39.2 Å². The molecule has 0 spiro atoms. The molecular weight excluding hydrogens is 352 g/mol. The summed E-state index contributed by atoms with van der Waals surface area (Å²) in [5.41, 5.74) is 2.86. The van der Waals surface area contributed by atoms with Crippen LogP contribution in [0.4, 0.5) is 0 Å². The molecule has 1 amide bonds. The molecule has 0 bridgehead atoms. The predicted octanol–water partition coefficient (Wildman–Crippen LogP) is 4.12. The fourth-order valence-electron chi connectivity index (χ4n) is 2.57. The maximum absolute atomic E-state index is 12.6. The van der Waals surface area contributed by atoms with E-state index < -0.39 is 0 Å². The Bertz CT molecular complexity index is 973. The zero-order chi connectivity index (χ0) is 17.8. The Morgan fingerprint density at radius 3 is 2.88 bits per heavy atom. The van der Waals surface area contributed by atoms with Crippen molar-refractivity contribution in [1.29, 1.82) is 0 Å². The summed E-state index contributed by atoms with van der Waals surface area (Å²) < 4.78 is 8.48. The number of hydrogen-bond donors (Lipinski definition) is 0. The first-order valence-corrected chi connectivity index (χ1v) is 10.2. The quantitative estimate of drug-likeness (QED) is 0.676. The Labute approximate surface area is 155 Å². The molecule has 6 heteroatoms. The lowest BCUT2D eigenvalue weighted by atomic mass is 10.2. The molecule has 1 heterocycles.